The molecule has 0 unspecified atom stereocenters. The Labute approximate surface area is 158 Å². The zero-order chi connectivity index (χ0) is 20.0. The van der Waals surface area contributed by atoms with Gasteiger partial charge in [0.15, 0.2) is 6.61 Å². The molecule has 0 bridgehead atoms. The lowest BCUT2D eigenvalue weighted by Crippen LogP contribution is -2.30. The van der Waals surface area contributed by atoms with E-state index in [1.807, 2.05) is 0 Å². The van der Waals surface area contributed by atoms with Crippen LogP contribution in [0.15, 0.2) is 47.4 Å². The minimum absolute atomic E-state index is 0.141. The summed E-state index contributed by atoms with van der Waals surface area (Å²) in [5.41, 5.74) is 1.38. The van der Waals surface area contributed by atoms with Gasteiger partial charge in [-0.2, -0.15) is 0 Å². The molecule has 2 aromatic carbocycles. The number of carbonyl (C=O) groups excluding carboxylic acids is 1. The van der Waals surface area contributed by atoms with Crippen molar-refractivity contribution in [3.8, 4) is 5.75 Å². The van der Waals surface area contributed by atoms with Crippen LogP contribution in [0.3, 0.4) is 0 Å². The summed E-state index contributed by atoms with van der Waals surface area (Å²) in [5, 5.41) is 2.67. The normalized spacial score (nSPS) is 11.4. The van der Waals surface area contributed by atoms with E-state index in [9.17, 15) is 17.6 Å². The van der Waals surface area contributed by atoms with Gasteiger partial charge >= 0.3 is 0 Å². The lowest BCUT2D eigenvalue weighted by atomic mass is 10.2. The highest BCUT2D eigenvalue weighted by atomic mass is 32.2. The summed E-state index contributed by atoms with van der Waals surface area (Å²) in [5.74, 6) is -0.245. The molecule has 27 heavy (non-hydrogen) atoms. The molecule has 0 aliphatic rings. The van der Waals surface area contributed by atoms with Gasteiger partial charge in [-0.15, -0.1) is 0 Å². The Hall–Kier alpha value is -2.45. The zero-order valence-electron chi connectivity index (χ0n) is 15.5. The zero-order valence-corrected chi connectivity index (χ0v) is 16.3. The molecule has 0 radical (unpaired) electrons. The molecule has 0 aliphatic carbocycles. The number of hydrogen-bond acceptors (Lipinski definition) is 4. The van der Waals surface area contributed by atoms with Crippen LogP contribution in [0.1, 0.15) is 25.0 Å². The first kappa shape index (κ1) is 20.9. The van der Waals surface area contributed by atoms with Crippen LogP contribution in [0.4, 0.5) is 4.39 Å². The first-order valence-corrected chi connectivity index (χ1v) is 9.92. The van der Waals surface area contributed by atoms with Crippen LogP contribution in [-0.2, 0) is 21.4 Å². The summed E-state index contributed by atoms with van der Waals surface area (Å²) in [4.78, 5) is 12.0. The Morgan fingerprint density at radius 1 is 1.15 bits per heavy atom. The lowest BCUT2D eigenvalue weighted by molar-refractivity contribution is -0.123. The monoisotopic (exact) mass is 394 g/mol. The van der Waals surface area contributed by atoms with Crippen molar-refractivity contribution >= 4 is 15.9 Å². The number of rotatable bonds is 8. The second-order valence-corrected chi connectivity index (χ2v) is 8.11. The molecule has 2 rings (SSSR count). The molecule has 2 N–H and O–H groups in total. The summed E-state index contributed by atoms with van der Waals surface area (Å²) in [6, 6.07) is 10.1. The topological polar surface area (TPSA) is 84.5 Å². The van der Waals surface area contributed by atoms with Crippen LogP contribution in [0, 0.1) is 12.7 Å². The first-order chi connectivity index (χ1) is 12.7. The fourth-order valence-corrected chi connectivity index (χ4v) is 3.66. The molecule has 0 saturated carbocycles. The standard InChI is InChI=1S/C19H23FN2O4S/c1-13(2)22-27(24,25)17-8-9-18(14(3)10-17)26-12-19(23)21-11-15-4-6-16(20)7-5-15/h4-10,13,22H,11-12H2,1-3H3,(H,21,23). The number of aryl methyl sites for hydroxylation is 1. The lowest BCUT2D eigenvalue weighted by Gasteiger charge is -2.13. The summed E-state index contributed by atoms with van der Waals surface area (Å²) >= 11 is 0. The van der Waals surface area contributed by atoms with E-state index >= 15 is 0 Å². The molecule has 6 nitrogen and oxygen atoms in total. The van der Waals surface area contributed by atoms with Crippen molar-refractivity contribution in [3.05, 3.63) is 59.4 Å². The number of nitrogens with one attached hydrogen (secondary N) is 2. The Morgan fingerprint density at radius 2 is 1.81 bits per heavy atom. The third-order valence-corrected chi connectivity index (χ3v) is 5.27. The predicted molar refractivity (Wildman–Crippen MR) is 100 cm³/mol. The summed E-state index contributed by atoms with van der Waals surface area (Å²) < 4.78 is 45.2. The van der Waals surface area contributed by atoms with E-state index < -0.39 is 10.0 Å². The van der Waals surface area contributed by atoms with Crippen LogP contribution < -0.4 is 14.8 Å². The summed E-state index contributed by atoms with van der Waals surface area (Å²) in [7, 11) is -3.58. The number of amides is 1. The van der Waals surface area contributed by atoms with Gasteiger partial charge in [0.2, 0.25) is 10.0 Å². The summed E-state index contributed by atoms with van der Waals surface area (Å²) in [6.45, 7) is 5.25. The van der Waals surface area contributed by atoms with Crippen LogP contribution >= 0.6 is 0 Å². The number of ether oxygens (including phenoxy) is 1. The smallest absolute Gasteiger partial charge is 0.258 e. The number of halogens is 1. The average molecular weight is 394 g/mol. The second-order valence-electron chi connectivity index (χ2n) is 6.40. The summed E-state index contributed by atoms with van der Waals surface area (Å²) in [6.07, 6.45) is 0. The van der Waals surface area contributed by atoms with Crippen LogP contribution in [-0.4, -0.2) is 27.0 Å². The molecule has 1 amide bonds. The van der Waals surface area contributed by atoms with Crippen LogP contribution in [0.2, 0.25) is 0 Å². The largest absolute Gasteiger partial charge is 0.484 e. The average Bonchev–Trinajstić information content (AvgIpc) is 2.59. The highest BCUT2D eigenvalue weighted by Gasteiger charge is 2.16. The minimum Gasteiger partial charge on any atom is -0.484 e. The Morgan fingerprint density at radius 3 is 2.41 bits per heavy atom. The molecule has 0 spiro atoms. The molecule has 0 atom stereocenters. The van der Waals surface area contributed by atoms with E-state index in [0.29, 0.717) is 11.3 Å². The fraction of sp³-hybridized carbons (Fsp3) is 0.316. The van der Waals surface area contributed by atoms with E-state index in [-0.39, 0.29) is 35.8 Å². The van der Waals surface area contributed by atoms with Gasteiger partial charge in [0, 0.05) is 12.6 Å². The quantitative estimate of drug-likeness (QED) is 0.721. The Kier molecular flexibility index (Phi) is 6.92. The number of hydrogen-bond donors (Lipinski definition) is 2. The van der Waals surface area contributed by atoms with Crippen molar-refractivity contribution in [1.29, 1.82) is 0 Å². The maximum Gasteiger partial charge on any atom is 0.258 e. The molecule has 2 aromatic rings. The van der Waals surface area contributed by atoms with Crippen LogP contribution in [0.25, 0.3) is 0 Å². The minimum atomic E-state index is -3.58. The van der Waals surface area contributed by atoms with E-state index in [0.717, 1.165) is 5.56 Å². The van der Waals surface area contributed by atoms with Crippen molar-refractivity contribution in [2.45, 2.75) is 38.3 Å². The number of benzene rings is 2. The molecule has 0 heterocycles. The van der Waals surface area contributed by atoms with Crippen molar-refractivity contribution in [3.63, 3.8) is 0 Å². The molecule has 0 saturated heterocycles. The maximum atomic E-state index is 12.8. The van der Waals surface area contributed by atoms with E-state index in [2.05, 4.69) is 10.0 Å². The number of sulfonamides is 1. The molecular weight excluding hydrogens is 371 g/mol. The van der Waals surface area contributed by atoms with E-state index in [1.165, 1.54) is 30.3 Å². The highest BCUT2D eigenvalue weighted by Crippen LogP contribution is 2.22. The molecule has 0 aromatic heterocycles. The fourth-order valence-electron chi connectivity index (χ4n) is 2.33. The second kappa shape index (κ2) is 8.96. The van der Waals surface area contributed by atoms with Gasteiger partial charge in [-0.3, -0.25) is 4.79 Å². The molecule has 0 aliphatic heterocycles. The van der Waals surface area contributed by atoms with E-state index in [1.54, 1.807) is 32.9 Å². The molecule has 146 valence electrons. The van der Waals surface area contributed by atoms with Gasteiger partial charge in [-0.05, 0) is 62.2 Å². The third kappa shape index (κ3) is 6.33. The van der Waals surface area contributed by atoms with Gasteiger partial charge in [0.25, 0.3) is 5.91 Å². The molecule has 0 fully saturated rings. The van der Waals surface area contributed by atoms with Crippen molar-refractivity contribution in [2.75, 3.05) is 6.61 Å². The van der Waals surface area contributed by atoms with Crippen molar-refractivity contribution in [1.82, 2.24) is 10.0 Å². The van der Waals surface area contributed by atoms with Gasteiger partial charge in [0.1, 0.15) is 11.6 Å². The van der Waals surface area contributed by atoms with Gasteiger partial charge in [0.05, 0.1) is 4.90 Å². The Bertz CT molecular complexity index is 896. The Balaban J connectivity index is 1.91. The van der Waals surface area contributed by atoms with Crippen LogP contribution in [0.5, 0.6) is 5.75 Å². The molecular formula is C19H23FN2O4S. The molecule has 8 heteroatoms. The van der Waals surface area contributed by atoms with Gasteiger partial charge in [-0.25, -0.2) is 17.5 Å². The number of carbonyl (C=O) groups is 1. The first-order valence-electron chi connectivity index (χ1n) is 8.44. The van der Waals surface area contributed by atoms with Crippen molar-refractivity contribution < 1.29 is 22.3 Å². The maximum absolute atomic E-state index is 12.8. The predicted octanol–water partition coefficient (Wildman–Crippen LogP) is 2.52. The van der Waals surface area contributed by atoms with Crippen molar-refractivity contribution in [2.24, 2.45) is 0 Å². The third-order valence-electron chi connectivity index (χ3n) is 3.61. The highest BCUT2D eigenvalue weighted by molar-refractivity contribution is 7.89. The van der Waals surface area contributed by atoms with Gasteiger partial charge in [-0.1, -0.05) is 12.1 Å². The van der Waals surface area contributed by atoms with Gasteiger partial charge < -0.3 is 10.1 Å². The van der Waals surface area contributed by atoms with E-state index in [4.69, 9.17) is 4.74 Å². The SMILES string of the molecule is Cc1cc(S(=O)(=O)NC(C)C)ccc1OCC(=O)NCc1ccc(F)cc1.